The first-order chi connectivity index (χ1) is 8.28. The summed E-state index contributed by atoms with van der Waals surface area (Å²) in [6, 6.07) is 0. The molecule has 0 aliphatic carbocycles. The molecular formula is C12H17ClN2O3. The van der Waals surface area contributed by atoms with Crippen LogP contribution in [-0.4, -0.2) is 28.1 Å². The molecule has 0 saturated carbocycles. The van der Waals surface area contributed by atoms with Crippen molar-refractivity contribution in [2.24, 2.45) is 5.41 Å². The zero-order valence-corrected chi connectivity index (χ0v) is 11.7. The summed E-state index contributed by atoms with van der Waals surface area (Å²) in [6.45, 7) is 6.80. The standard InChI is InChI=1S/C12H17ClN2O3/c1-5-18-11(17)12(3,4)10(16)7-15-6-9(13)8(2)14-15/h6H,5,7H2,1-4H3. The number of carbonyl (C=O) groups excluding carboxylic acids is 2. The number of carbonyl (C=O) groups is 2. The van der Waals surface area contributed by atoms with Crippen LogP contribution in [0.25, 0.3) is 0 Å². The molecule has 0 fully saturated rings. The Hall–Kier alpha value is -1.36. The molecule has 6 heteroatoms. The first kappa shape index (κ1) is 14.7. The highest BCUT2D eigenvalue weighted by Gasteiger charge is 2.37. The molecule has 100 valence electrons. The summed E-state index contributed by atoms with van der Waals surface area (Å²) >= 11 is 5.85. The van der Waals surface area contributed by atoms with E-state index in [1.54, 1.807) is 33.9 Å². The molecule has 0 spiro atoms. The molecule has 1 aromatic rings. The van der Waals surface area contributed by atoms with Gasteiger partial charge in [-0.1, -0.05) is 11.6 Å². The van der Waals surface area contributed by atoms with Gasteiger partial charge in [0.2, 0.25) is 0 Å². The van der Waals surface area contributed by atoms with Crippen LogP contribution >= 0.6 is 11.6 Å². The molecule has 0 radical (unpaired) electrons. The van der Waals surface area contributed by atoms with Crippen molar-refractivity contribution in [1.82, 2.24) is 9.78 Å². The van der Waals surface area contributed by atoms with Crippen molar-refractivity contribution in [2.75, 3.05) is 6.61 Å². The van der Waals surface area contributed by atoms with Gasteiger partial charge in [0.05, 0.1) is 17.3 Å². The summed E-state index contributed by atoms with van der Waals surface area (Å²) in [5.74, 6) is -0.787. The fourth-order valence-corrected chi connectivity index (χ4v) is 1.50. The molecule has 5 nitrogen and oxygen atoms in total. The summed E-state index contributed by atoms with van der Waals surface area (Å²) in [5, 5.41) is 4.58. The number of hydrogen-bond acceptors (Lipinski definition) is 4. The number of aryl methyl sites for hydroxylation is 1. The summed E-state index contributed by atoms with van der Waals surface area (Å²) < 4.78 is 6.31. The molecule has 0 atom stereocenters. The third kappa shape index (κ3) is 3.10. The van der Waals surface area contributed by atoms with Crippen LogP contribution < -0.4 is 0 Å². The van der Waals surface area contributed by atoms with Crippen molar-refractivity contribution in [3.8, 4) is 0 Å². The highest BCUT2D eigenvalue weighted by Crippen LogP contribution is 2.21. The van der Waals surface area contributed by atoms with Crippen LogP contribution in [0.2, 0.25) is 5.02 Å². The Bertz CT molecular complexity index is 446. The molecule has 1 heterocycles. The topological polar surface area (TPSA) is 61.2 Å². The van der Waals surface area contributed by atoms with E-state index in [9.17, 15) is 9.59 Å². The Morgan fingerprint density at radius 2 is 2.11 bits per heavy atom. The van der Waals surface area contributed by atoms with Crippen LogP contribution in [0.5, 0.6) is 0 Å². The fraction of sp³-hybridized carbons (Fsp3) is 0.583. The largest absolute Gasteiger partial charge is 0.465 e. The van der Waals surface area contributed by atoms with Crippen LogP contribution in [0.15, 0.2) is 6.20 Å². The molecule has 1 rings (SSSR count). The molecule has 0 aliphatic heterocycles. The van der Waals surface area contributed by atoms with Gasteiger partial charge in [-0.05, 0) is 27.7 Å². The lowest BCUT2D eigenvalue weighted by Crippen LogP contribution is -2.37. The van der Waals surface area contributed by atoms with Gasteiger partial charge in [0, 0.05) is 6.20 Å². The number of ether oxygens (including phenoxy) is 1. The van der Waals surface area contributed by atoms with Crippen molar-refractivity contribution in [1.29, 1.82) is 0 Å². The molecule has 0 unspecified atom stereocenters. The second kappa shape index (κ2) is 5.52. The minimum Gasteiger partial charge on any atom is -0.465 e. The van der Waals surface area contributed by atoms with Crippen LogP contribution in [0.4, 0.5) is 0 Å². The maximum Gasteiger partial charge on any atom is 0.319 e. The lowest BCUT2D eigenvalue weighted by Gasteiger charge is -2.20. The Balaban J connectivity index is 2.78. The number of halogens is 1. The zero-order valence-electron chi connectivity index (χ0n) is 11.0. The third-order valence-corrected chi connectivity index (χ3v) is 3.05. The maximum absolute atomic E-state index is 12.1. The summed E-state index contributed by atoms with van der Waals surface area (Å²) in [7, 11) is 0. The van der Waals surface area contributed by atoms with Gasteiger partial charge < -0.3 is 4.74 Å². The smallest absolute Gasteiger partial charge is 0.319 e. The van der Waals surface area contributed by atoms with Gasteiger partial charge in [-0.2, -0.15) is 5.10 Å². The minimum atomic E-state index is -1.18. The van der Waals surface area contributed by atoms with Crippen LogP contribution in [-0.2, 0) is 20.9 Å². The lowest BCUT2D eigenvalue weighted by atomic mass is 9.88. The van der Waals surface area contributed by atoms with Crippen molar-refractivity contribution < 1.29 is 14.3 Å². The van der Waals surface area contributed by atoms with Gasteiger partial charge in [-0.25, -0.2) is 0 Å². The molecule has 0 amide bonds. The van der Waals surface area contributed by atoms with E-state index in [-0.39, 0.29) is 18.9 Å². The molecule has 0 N–H and O–H groups in total. The molecular weight excluding hydrogens is 256 g/mol. The SMILES string of the molecule is CCOC(=O)C(C)(C)C(=O)Cn1cc(Cl)c(C)n1. The molecule has 0 aliphatic rings. The minimum absolute atomic E-state index is 0.000621. The number of hydrogen-bond donors (Lipinski definition) is 0. The number of nitrogens with zero attached hydrogens (tertiary/aromatic N) is 2. The number of esters is 1. The molecule has 0 aromatic carbocycles. The van der Waals surface area contributed by atoms with Crippen molar-refractivity contribution in [3.63, 3.8) is 0 Å². The maximum atomic E-state index is 12.1. The normalized spacial score (nSPS) is 11.4. The first-order valence-corrected chi connectivity index (χ1v) is 6.07. The average Bonchev–Trinajstić information content (AvgIpc) is 2.58. The van der Waals surface area contributed by atoms with E-state index in [2.05, 4.69) is 5.10 Å². The molecule has 0 bridgehead atoms. The Labute approximate surface area is 111 Å². The van der Waals surface area contributed by atoms with E-state index >= 15 is 0 Å². The Morgan fingerprint density at radius 1 is 1.50 bits per heavy atom. The Kier molecular flexibility index (Phi) is 4.51. The second-order valence-electron chi connectivity index (χ2n) is 4.53. The van der Waals surface area contributed by atoms with E-state index in [0.717, 1.165) is 0 Å². The van der Waals surface area contributed by atoms with Crippen molar-refractivity contribution in [3.05, 3.63) is 16.9 Å². The zero-order chi connectivity index (χ0) is 13.9. The number of rotatable bonds is 5. The van der Waals surface area contributed by atoms with Crippen LogP contribution in [0, 0.1) is 12.3 Å². The highest BCUT2D eigenvalue weighted by atomic mass is 35.5. The van der Waals surface area contributed by atoms with E-state index in [1.807, 2.05) is 0 Å². The van der Waals surface area contributed by atoms with Gasteiger partial charge in [-0.3, -0.25) is 14.3 Å². The van der Waals surface area contributed by atoms with E-state index in [1.165, 1.54) is 4.68 Å². The third-order valence-electron chi connectivity index (χ3n) is 2.67. The van der Waals surface area contributed by atoms with Gasteiger partial charge in [0.25, 0.3) is 0 Å². The summed E-state index contributed by atoms with van der Waals surface area (Å²) in [5.41, 5.74) is -0.527. The van der Waals surface area contributed by atoms with E-state index in [0.29, 0.717) is 10.7 Å². The monoisotopic (exact) mass is 272 g/mol. The number of ketones is 1. The predicted molar refractivity (Wildman–Crippen MR) is 67.4 cm³/mol. The molecule has 1 aromatic heterocycles. The van der Waals surface area contributed by atoms with Crippen LogP contribution in [0.3, 0.4) is 0 Å². The predicted octanol–water partition coefficient (Wildman–Crippen LogP) is 2.00. The summed E-state index contributed by atoms with van der Waals surface area (Å²) in [6.07, 6.45) is 1.57. The number of aromatic nitrogens is 2. The lowest BCUT2D eigenvalue weighted by molar-refractivity contribution is -0.158. The van der Waals surface area contributed by atoms with Gasteiger partial charge in [0.1, 0.15) is 12.0 Å². The van der Waals surface area contributed by atoms with E-state index in [4.69, 9.17) is 16.3 Å². The average molecular weight is 273 g/mol. The summed E-state index contributed by atoms with van der Waals surface area (Å²) in [4.78, 5) is 23.7. The van der Waals surface area contributed by atoms with Crippen molar-refractivity contribution >= 4 is 23.4 Å². The number of Topliss-reactive ketones (excluding diaryl/α,β-unsaturated/α-hetero) is 1. The fourth-order valence-electron chi connectivity index (χ4n) is 1.34. The van der Waals surface area contributed by atoms with Gasteiger partial charge in [-0.15, -0.1) is 0 Å². The molecule has 0 saturated heterocycles. The quantitative estimate of drug-likeness (QED) is 0.608. The van der Waals surface area contributed by atoms with E-state index < -0.39 is 11.4 Å². The highest BCUT2D eigenvalue weighted by molar-refractivity contribution is 6.31. The van der Waals surface area contributed by atoms with Crippen LogP contribution in [0.1, 0.15) is 26.5 Å². The second-order valence-corrected chi connectivity index (χ2v) is 4.94. The Morgan fingerprint density at radius 3 is 2.56 bits per heavy atom. The van der Waals surface area contributed by atoms with Gasteiger partial charge in [0.15, 0.2) is 5.78 Å². The first-order valence-electron chi connectivity index (χ1n) is 5.69. The molecule has 18 heavy (non-hydrogen) atoms. The van der Waals surface area contributed by atoms with Gasteiger partial charge >= 0.3 is 5.97 Å². The van der Waals surface area contributed by atoms with Crippen molar-refractivity contribution in [2.45, 2.75) is 34.2 Å².